The van der Waals surface area contributed by atoms with Gasteiger partial charge in [0.05, 0.1) is 26.3 Å². The number of hydrogen-bond donors (Lipinski definition) is 6. The number of hydrogen-bond acceptors (Lipinski definition) is 10. The maximum atomic E-state index is 11.8. The van der Waals surface area contributed by atoms with Gasteiger partial charge in [0.2, 0.25) is 5.88 Å². The van der Waals surface area contributed by atoms with Crippen molar-refractivity contribution in [2.75, 3.05) is 10.6 Å². The molecule has 1 unspecified atom stereocenters. The molecule has 13 nitrogen and oxygen atoms in total. The second-order valence-electron chi connectivity index (χ2n) is 7.10. The normalized spacial score (nSPS) is 13.7. The van der Waals surface area contributed by atoms with Crippen LogP contribution in [0.3, 0.4) is 0 Å². The van der Waals surface area contributed by atoms with Crippen molar-refractivity contribution in [2.24, 2.45) is 16.0 Å². The molecule has 0 bridgehead atoms. The fraction of sp³-hybridized carbons (Fsp3) is 0.105. The number of rotatable bonds is 9. The van der Waals surface area contributed by atoms with Crippen LogP contribution in [0.5, 0.6) is 0 Å². The quantitative estimate of drug-likeness (QED) is 0.0950. The Balaban J connectivity index is 2.55. The van der Waals surface area contributed by atoms with Gasteiger partial charge in [-0.2, -0.15) is 16.8 Å². The first kappa shape index (κ1) is 30.7. The molecule has 1 amide bonds. The summed E-state index contributed by atoms with van der Waals surface area (Å²) in [5, 5.41) is 22.2. The third kappa shape index (κ3) is 8.21. The Morgan fingerprint density at radius 1 is 1.05 bits per heavy atom. The van der Waals surface area contributed by atoms with Gasteiger partial charge in [-0.15, -0.1) is 10.2 Å². The summed E-state index contributed by atoms with van der Waals surface area (Å²) in [5.41, 5.74) is 5.03. The summed E-state index contributed by atoms with van der Waals surface area (Å²) >= 11 is 14.8. The third-order valence-electron chi connectivity index (χ3n) is 4.23. The number of benzene rings is 2. The highest BCUT2D eigenvalue weighted by Gasteiger charge is 2.20. The molecule has 37 heavy (non-hydrogen) atoms. The zero-order valence-electron chi connectivity index (χ0n) is 18.5. The molecule has 2 aromatic rings. The van der Waals surface area contributed by atoms with Crippen molar-refractivity contribution in [3.05, 3.63) is 63.0 Å². The largest absolute Gasteiger partial charge is 0.493 e. The number of carbonyl (C=O) groups is 1. The predicted molar refractivity (Wildman–Crippen MR) is 141 cm³/mol. The Morgan fingerprint density at radius 3 is 2.16 bits per heavy atom. The van der Waals surface area contributed by atoms with Crippen LogP contribution in [-0.4, -0.2) is 43.0 Å². The molecule has 0 fully saturated rings. The molecular weight excluding hydrogens is 641 g/mol. The minimum Gasteiger partial charge on any atom is -0.493 e. The van der Waals surface area contributed by atoms with Gasteiger partial charge in [-0.25, -0.2) is 0 Å². The monoisotopic (exact) mass is 657 g/mol. The Labute approximate surface area is 229 Å². The van der Waals surface area contributed by atoms with Gasteiger partial charge in [0.1, 0.15) is 21.2 Å². The van der Waals surface area contributed by atoms with Crippen molar-refractivity contribution in [1.29, 1.82) is 0 Å². The zero-order valence-corrected chi connectivity index (χ0v) is 23.2. The first-order valence-corrected chi connectivity index (χ1v) is 14.0. The minimum atomic E-state index is -4.78. The molecule has 0 heterocycles. The van der Waals surface area contributed by atoms with Crippen LogP contribution >= 0.6 is 39.1 Å². The third-order valence-corrected chi connectivity index (χ3v) is 7.13. The van der Waals surface area contributed by atoms with Gasteiger partial charge in [0, 0.05) is 5.69 Å². The van der Waals surface area contributed by atoms with Crippen molar-refractivity contribution < 1.29 is 35.8 Å². The van der Waals surface area contributed by atoms with Crippen molar-refractivity contribution in [2.45, 2.75) is 22.8 Å². The van der Waals surface area contributed by atoms with Crippen LogP contribution in [0.15, 0.2) is 73.0 Å². The van der Waals surface area contributed by atoms with Crippen LogP contribution in [0, 0.1) is 0 Å². The highest BCUT2D eigenvalue weighted by atomic mass is 79.9. The first-order chi connectivity index (χ1) is 16.9. The van der Waals surface area contributed by atoms with E-state index in [2.05, 4.69) is 43.4 Å². The van der Waals surface area contributed by atoms with Crippen LogP contribution in [0.4, 0.5) is 17.1 Å². The van der Waals surface area contributed by atoms with Crippen molar-refractivity contribution in [3.63, 3.8) is 0 Å². The van der Waals surface area contributed by atoms with E-state index in [1.54, 1.807) is 0 Å². The Morgan fingerprint density at radius 2 is 1.65 bits per heavy atom. The lowest BCUT2D eigenvalue weighted by atomic mass is 10.2. The van der Waals surface area contributed by atoms with Crippen molar-refractivity contribution in [1.82, 2.24) is 0 Å². The number of halogens is 3. The topological polar surface area (TPSA) is 221 Å². The highest BCUT2D eigenvalue weighted by molar-refractivity contribution is 9.12. The number of carbonyl (C=O) groups excluding carboxylic acids is 1. The van der Waals surface area contributed by atoms with Gasteiger partial charge >= 0.3 is 0 Å². The molecule has 0 saturated heterocycles. The average molecular weight is 659 g/mol. The molecule has 0 aliphatic heterocycles. The molecule has 200 valence electrons. The molecule has 1 atom stereocenters. The average Bonchev–Trinajstić information content (AvgIpc) is 2.74. The van der Waals surface area contributed by atoms with E-state index in [4.69, 9.17) is 28.9 Å². The number of amides is 1. The number of aliphatic hydroxyl groups is 1. The zero-order chi connectivity index (χ0) is 28.3. The molecule has 0 spiro atoms. The molecule has 0 aromatic heterocycles. The lowest BCUT2D eigenvalue weighted by Crippen LogP contribution is -2.20. The fourth-order valence-corrected chi connectivity index (χ4v) is 4.57. The molecule has 0 saturated carbocycles. The predicted octanol–water partition coefficient (Wildman–Crippen LogP) is 4.60. The van der Waals surface area contributed by atoms with Gasteiger partial charge in [0.15, 0.2) is 0 Å². The Bertz CT molecular complexity index is 1540. The van der Waals surface area contributed by atoms with Crippen LogP contribution in [-0.2, 0) is 25.0 Å². The SMILES string of the molecule is C=C(Br)C(=O)Nc1ccc(S(=O)(=O)O)c(/N=N/C(=C(\O)Nc2cc(Cl)c(S(=O)(=O)O)cc2Cl)C(C)N)c1. The second-order valence-corrected chi connectivity index (χ2v) is 11.7. The number of aliphatic hydroxyl groups excluding tert-OH is 1. The summed E-state index contributed by atoms with van der Waals surface area (Å²) in [4.78, 5) is 10.5. The second kappa shape index (κ2) is 11.9. The van der Waals surface area contributed by atoms with E-state index in [0.717, 1.165) is 24.3 Å². The van der Waals surface area contributed by atoms with E-state index < -0.39 is 58.6 Å². The summed E-state index contributed by atoms with van der Waals surface area (Å²) in [6.45, 7) is 4.80. The van der Waals surface area contributed by atoms with E-state index in [-0.39, 0.29) is 26.6 Å². The maximum Gasteiger partial charge on any atom is 0.296 e. The number of nitrogens with one attached hydrogen (secondary N) is 2. The molecule has 2 aromatic carbocycles. The molecule has 0 radical (unpaired) electrons. The molecule has 7 N–H and O–H groups in total. The molecule has 18 heteroatoms. The van der Waals surface area contributed by atoms with Crippen LogP contribution in [0.2, 0.25) is 10.0 Å². The standard InChI is InChI=1S/C19H18BrCl2N5O8S2/c1-8(20)18(28)24-10-3-4-15(36(30,31)32)14(5-10)26-27-17(9(2)23)19(29)25-13-6-12(22)16(7-11(13)21)37(33,34)35/h3-7,9,25,29H,1,23H2,2H3,(H,24,28)(H,30,31,32)(H,33,34,35)/b19-17-,27-26+. The molecule has 2 rings (SSSR count). The summed E-state index contributed by atoms with van der Waals surface area (Å²) in [7, 11) is -9.46. The van der Waals surface area contributed by atoms with Gasteiger partial charge in [-0.3, -0.25) is 13.9 Å². The summed E-state index contributed by atoms with van der Waals surface area (Å²) in [6, 6.07) is 4.04. The molecule has 0 aliphatic carbocycles. The van der Waals surface area contributed by atoms with Gasteiger partial charge in [-0.1, -0.05) is 29.8 Å². The van der Waals surface area contributed by atoms with E-state index in [1.165, 1.54) is 13.0 Å². The van der Waals surface area contributed by atoms with E-state index >= 15 is 0 Å². The van der Waals surface area contributed by atoms with Gasteiger partial charge in [0.25, 0.3) is 26.1 Å². The number of azo groups is 1. The van der Waals surface area contributed by atoms with Crippen LogP contribution < -0.4 is 16.4 Å². The Kier molecular flexibility index (Phi) is 9.83. The summed E-state index contributed by atoms with van der Waals surface area (Å²) < 4.78 is 65.0. The number of anilines is 2. The summed E-state index contributed by atoms with van der Waals surface area (Å²) in [6.07, 6.45) is 0. The van der Waals surface area contributed by atoms with Crippen LogP contribution in [0.25, 0.3) is 0 Å². The smallest absolute Gasteiger partial charge is 0.296 e. The highest BCUT2D eigenvalue weighted by Crippen LogP contribution is 2.33. The maximum absolute atomic E-state index is 11.8. The lowest BCUT2D eigenvalue weighted by molar-refractivity contribution is -0.112. The Hall–Kier alpha value is -2.57. The lowest BCUT2D eigenvalue weighted by Gasteiger charge is -2.13. The first-order valence-electron chi connectivity index (χ1n) is 9.53. The fourth-order valence-electron chi connectivity index (χ4n) is 2.57. The minimum absolute atomic E-state index is 0.0175. The summed E-state index contributed by atoms with van der Waals surface area (Å²) in [5.74, 6) is -1.37. The van der Waals surface area contributed by atoms with Crippen LogP contribution in [0.1, 0.15) is 6.92 Å². The number of nitrogens with zero attached hydrogens (tertiary/aromatic N) is 2. The van der Waals surface area contributed by atoms with Gasteiger partial charge in [-0.05, 0) is 53.2 Å². The van der Waals surface area contributed by atoms with Crippen molar-refractivity contribution >= 4 is 82.3 Å². The molecule has 0 aliphatic rings. The van der Waals surface area contributed by atoms with Gasteiger partial charge < -0.3 is 21.5 Å². The van der Waals surface area contributed by atoms with E-state index in [1.807, 2.05) is 0 Å². The van der Waals surface area contributed by atoms with E-state index in [0.29, 0.717) is 0 Å². The number of nitrogens with two attached hydrogens (primary N) is 1. The van der Waals surface area contributed by atoms with Crippen molar-refractivity contribution in [3.8, 4) is 0 Å². The molecular formula is C19H18BrCl2N5O8S2. The van der Waals surface area contributed by atoms with E-state index in [9.17, 15) is 35.8 Å².